The Morgan fingerprint density at radius 1 is 0.897 bits per heavy atom. The molecule has 1 atom stereocenters. The first-order chi connectivity index (χ1) is 13.8. The monoisotopic (exact) mass is 392 g/mol. The van der Waals surface area contributed by atoms with Gasteiger partial charge in [0.15, 0.2) is 0 Å². The highest BCUT2D eigenvalue weighted by Crippen LogP contribution is 2.20. The van der Waals surface area contributed by atoms with E-state index in [4.69, 9.17) is 0 Å². The molecule has 8 nitrogen and oxygen atoms in total. The lowest BCUT2D eigenvalue weighted by atomic mass is 10.0. The zero-order valence-corrected chi connectivity index (χ0v) is 16.9. The molecule has 0 bridgehead atoms. The average Bonchev–Trinajstić information content (AvgIpc) is 3.18. The van der Waals surface area contributed by atoms with Crippen LogP contribution in [0.2, 0.25) is 0 Å². The number of carbonyl (C=O) groups excluding carboxylic acids is 2. The highest BCUT2D eigenvalue weighted by Gasteiger charge is 2.19. The number of nitrogens with zero attached hydrogens (tertiary/aromatic N) is 4. The number of rotatable bonds is 6. The SMILES string of the molecule is CC(=O)Nc1ccc(NC(=O)[C@@H](C)n2nnc(-c3ccc(C(C)C)cc3)n2)cc1. The molecule has 8 heteroatoms. The second-order valence-electron chi connectivity index (χ2n) is 7.13. The van der Waals surface area contributed by atoms with Crippen molar-refractivity contribution < 1.29 is 9.59 Å². The molecule has 0 aliphatic carbocycles. The van der Waals surface area contributed by atoms with Crippen LogP contribution in [0.3, 0.4) is 0 Å². The average molecular weight is 392 g/mol. The van der Waals surface area contributed by atoms with Gasteiger partial charge in [0.2, 0.25) is 11.7 Å². The molecule has 2 amide bonds. The molecule has 150 valence electrons. The predicted molar refractivity (Wildman–Crippen MR) is 111 cm³/mol. The topological polar surface area (TPSA) is 102 Å². The fourth-order valence-corrected chi connectivity index (χ4v) is 2.71. The summed E-state index contributed by atoms with van der Waals surface area (Å²) in [6.07, 6.45) is 0. The molecule has 3 aromatic rings. The molecule has 0 aliphatic heterocycles. The first kappa shape index (κ1) is 20.2. The van der Waals surface area contributed by atoms with Crippen molar-refractivity contribution in [3.8, 4) is 11.4 Å². The van der Waals surface area contributed by atoms with E-state index >= 15 is 0 Å². The molecule has 0 saturated carbocycles. The second kappa shape index (κ2) is 8.64. The minimum atomic E-state index is -0.638. The Hall–Kier alpha value is -3.55. The third-order valence-corrected chi connectivity index (χ3v) is 4.46. The third-order valence-electron chi connectivity index (χ3n) is 4.46. The van der Waals surface area contributed by atoms with E-state index in [-0.39, 0.29) is 11.8 Å². The molecule has 0 spiro atoms. The minimum Gasteiger partial charge on any atom is -0.326 e. The van der Waals surface area contributed by atoms with E-state index in [2.05, 4.69) is 39.9 Å². The highest BCUT2D eigenvalue weighted by molar-refractivity contribution is 5.94. The lowest BCUT2D eigenvalue weighted by molar-refractivity contribution is -0.119. The molecule has 29 heavy (non-hydrogen) atoms. The molecule has 0 unspecified atom stereocenters. The van der Waals surface area contributed by atoms with Crippen molar-refractivity contribution in [2.24, 2.45) is 0 Å². The Morgan fingerprint density at radius 3 is 2.03 bits per heavy atom. The van der Waals surface area contributed by atoms with Gasteiger partial charge in [-0.05, 0) is 47.9 Å². The molecule has 2 aromatic carbocycles. The summed E-state index contributed by atoms with van der Waals surface area (Å²) in [5.74, 6) is 0.502. The van der Waals surface area contributed by atoms with E-state index in [0.717, 1.165) is 5.56 Å². The van der Waals surface area contributed by atoms with Crippen LogP contribution in [0.15, 0.2) is 48.5 Å². The van der Waals surface area contributed by atoms with Gasteiger partial charge in [0.05, 0.1) is 0 Å². The van der Waals surface area contributed by atoms with Crippen molar-refractivity contribution in [1.82, 2.24) is 20.2 Å². The second-order valence-corrected chi connectivity index (χ2v) is 7.13. The van der Waals surface area contributed by atoms with Crippen molar-refractivity contribution >= 4 is 23.2 Å². The van der Waals surface area contributed by atoms with Crippen molar-refractivity contribution in [1.29, 1.82) is 0 Å². The van der Waals surface area contributed by atoms with Gasteiger partial charge in [-0.25, -0.2) is 0 Å². The number of hydrogen-bond acceptors (Lipinski definition) is 5. The van der Waals surface area contributed by atoms with Crippen LogP contribution in [-0.4, -0.2) is 32.0 Å². The van der Waals surface area contributed by atoms with Crippen LogP contribution in [0.25, 0.3) is 11.4 Å². The molecule has 2 N–H and O–H groups in total. The standard InChI is InChI=1S/C21H24N6O2/c1-13(2)16-5-7-17(8-6-16)20-24-26-27(25-20)14(3)21(29)23-19-11-9-18(10-12-19)22-15(4)28/h5-14H,1-4H3,(H,22,28)(H,23,29)/t14-/m1/s1. The van der Waals surface area contributed by atoms with Crippen LogP contribution < -0.4 is 10.6 Å². The Bertz CT molecular complexity index is 993. The Labute approximate surface area is 169 Å². The van der Waals surface area contributed by atoms with Gasteiger partial charge in [-0.1, -0.05) is 38.1 Å². The summed E-state index contributed by atoms with van der Waals surface area (Å²) in [6, 6.07) is 14.2. The normalized spacial score (nSPS) is 11.9. The van der Waals surface area contributed by atoms with Gasteiger partial charge in [-0.2, -0.15) is 4.80 Å². The van der Waals surface area contributed by atoms with Crippen LogP contribution in [0.1, 0.15) is 45.2 Å². The molecule has 0 saturated heterocycles. The molecular formula is C21H24N6O2. The van der Waals surface area contributed by atoms with E-state index < -0.39 is 6.04 Å². The number of amides is 2. The van der Waals surface area contributed by atoms with Crippen LogP contribution >= 0.6 is 0 Å². The Balaban J connectivity index is 1.66. The van der Waals surface area contributed by atoms with Crippen LogP contribution in [-0.2, 0) is 9.59 Å². The molecule has 0 aliphatic rings. The van der Waals surface area contributed by atoms with Crippen molar-refractivity contribution in [3.05, 3.63) is 54.1 Å². The molecule has 0 fully saturated rings. The first-order valence-electron chi connectivity index (χ1n) is 9.42. The number of nitrogens with one attached hydrogen (secondary N) is 2. The Kier molecular flexibility index (Phi) is 6.01. The first-order valence-corrected chi connectivity index (χ1v) is 9.42. The zero-order valence-electron chi connectivity index (χ0n) is 16.9. The minimum absolute atomic E-state index is 0.151. The van der Waals surface area contributed by atoms with E-state index in [9.17, 15) is 9.59 Å². The quantitative estimate of drug-likeness (QED) is 0.667. The smallest absolute Gasteiger partial charge is 0.250 e. The van der Waals surface area contributed by atoms with Crippen molar-refractivity contribution in [2.75, 3.05) is 10.6 Å². The van der Waals surface area contributed by atoms with Gasteiger partial charge in [0.25, 0.3) is 5.91 Å². The zero-order chi connectivity index (χ0) is 21.0. The summed E-state index contributed by atoms with van der Waals surface area (Å²) in [5, 5.41) is 17.9. The molecular weight excluding hydrogens is 368 g/mol. The summed E-state index contributed by atoms with van der Waals surface area (Å²) < 4.78 is 0. The molecule has 0 radical (unpaired) electrons. The van der Waals surface area contributed by atoms with Crippen LogP contribution in [0.5, 0.6) is 0 Å². The van der Waals surface area contributed by atoms with E-state index in [0.29, 0.717) is 23.1 Å². The largest absolute Gasteiger partial charge is 0.326 e. The van der Waals surface area contributed by atoms with E-state index in [1.807, 2.05) is 24.3 Å². The van der Waals surface area contributed by atoms with Crippen molar-refractivity contribution in [3.63, 3.8) is 0 Å². The van der Waals surface area contributed by atoms with Gasteiger partial charge in [-0.15, -0.1) is 10.2 Å². The van der Waals surface area contributed by atoms with Crippen LogP contribution in [0, 0.1) is 0 Å². The van der Waals surface area contributed by atoms with E-state index in [1.54, 1.807) is 31.2 Å². The fraction of sp³-hybridized carbons (Fsp3) is 0.286. The number of aromatic nitrogens is 4. The Morgan fingerprint density at radius 2 is 1.48 bits per heavy atom. The molecule has 1 aromatic heterocycles. The summed E-state index contributed by atoms with van der Waals surface area (Å²) >= 11 is 0. The maximum absolute atomic E-state index is 12.5. The van der Waals surface area contributed by atoms with Gasteiger partial charge in [-0.3, -0.25) is 9.59 Å². The van der Waals surface area contributed by atoms with Gasteiger partial charge in [0.1, 0.15) is 6.04 Å². The lowest BCUT2D eigenvalue weighted by Gasteiger charge is -2.11. The lowest BCUT2D eigenvalue weighted by Crippen LogP contribution is -2.25. The summed E-state index contributed by atoms with van der Waals surface area (Å²) in [6.45, 7) is 7.41. The molecule has 3 rings (SSSR count). The number of tetrazole rings is 1. The number of benzene rings is 2. The van der Waals surface area contributed by atoms with Crippen LogP contribution in [0.4, 0.5) is 11.4 Å². The summed E-state index contributed by atoms with van der Waals surface area (Å²) in [4.78, 5) is 24.9. The van der Waals surface area contributed by atoms with Gasteiger partial charge < -0.3 is 10.6 Å². The summed E-state index contributed by atoms with van der Waals surface area (Å²) in [7, 11) is 0. The highest BCUT2D eigenvalue weighted by atomic mass is 16.2. The van der Waals surface area contributed by atoms with Gasteiger partial charge in [0, 0.05) is 23.9 Å². The fourth-order valence-electron chi connectivity index (χ4n) is 2.71. The third kappa shape index (κ3) is 5.04. The van der Waals surface area contributed by atoms with Crippen molar-refractivity contribution in [2.45, 2.75) is 39.7 Å². The predicted octanol–water partition coefficient (Wildman–Crippen LogP) is 3.62. The molecule has 1 heterocycles. The number of anilines is 2. The number of hydrogen-bond donors (Lipinski definition) is 2. The maximum Gasteiger partial charge on any atom is 0.250 e. The number of carbonyl (C=O) groups is 2. The maximum atomic E-state index is 12.5. The van der Waals surface area contributed by atoms with E-state index in [1.165, 1.54) is 17.3 Å². The summed E-state index contributed by atoms with van der Waals surface area (Å²) in [5.41, 5.74) is 3.36. The van der Waals surface area contributed by atoms with Gasteiger partial charge >= 0.3 is 0 Å².